The number of fused-ring (bicyclic) bond motifs is 1. The number of halogens is 1. The number of hydrogen-bond acceptors (Lipinski definition) is 6. The number of Topliss-reactive ketones (excluding diaryl/α,β-unsaturated/α-hetero) is 1. The van der Waals surface area contributed by atoms with Crippen LogP contribution >= 0.6 is 0 Å². The summed E-state index contributed by atoms with van der Waals surface area (Å²) in [7, 11) is 1.48. The normalized spacial score (nSPS) is 11.0. The van der Waals surface area contributed by atoms with E-state index in [0.29, 0.717) is 16.9 Å². The second-order valence-corrected chi connectivity index (χ2v) is 7.21. The minimum atomic E-state index is -0.887. The van der Waals surface area contributed by atoms with Gasteiger partial charge in [0.1, 0.15) is 17.1 Å². The van der Waals surface area contributed by atoms with Gasteiger partial charge in [0.2, 0.25) is 0 Å². The summed E-state index contributed by atoms with van der Waals surface area (Å²) in [6.45, 7) is 1.61. The standard InChI is InChI=1S/C23H20FN5O4/c1-3-28-22-19(18(20(25)31)26-21(27-22)13-7-9-15(24)10-8-13)29(23(28)32)12-17(30)14-5-4-6-16(11-14)33-2/h4-11H,3,12H2,1-2H3,(H2,25,31). The molecule has 0 fully saturated rings. The van der Waals surface area contributed by atoms with E-state index < -0.39 is 17.4 Å². The topological polar surface area (TPSA) is 122 Å². The molecule has 9 nitrogen and oxygen atoms in total. The van der Waals surface area contributed by atoms with Gasteiger partial charge in [-0.25, -0.2) is 19.2 Å². The Morgan fingerprint density at radius 3 is 2.45 bits per heavy atom. The van der Waals surface area contributed by atoms with Crippen molar-refractivity contribution in [3.63, 3.8) is 0 Å². The lowest BCUT2D eigenvalue weighted by Gasteiger charge is -2.08. The van der Waals surface area contributed by atoms with Crippen LogP contribution in [0.15, 0.2) is 53.3 Å². The van der Waals surface area contributed by atoms with Crippen molar-refractivity contribution in [1.82, 2.24) is 19.1 Å². The number of nitrogens with two attached hydrogens (primary N) is 1. The molecule has 0 saturated heterocycles. The Kier molecular flexibility index (Phi) is 5.74. The molecular formula is C23H20FN5O4. The molecule has 0 radical (unpaired) electrons. The number of aryl methyl sites for hydroxylation is 1. The molecule has 168 valence electrons. The van der Waals surface area contributed by atoms with E-state index in [1.807, 2.05) is 0 Å². The van der Waals surface area contributed by atoms with Gasteiger partial charge < -0.3 is 10.5 Å². The van der Waals surface area contributed by atoms with E-state index in [0.717, 1.165) is 4.57 Å². The highest BCUT2D eigenvalue weighted by Crippen LogP contribution is 2.23. The average molecular weight is 449 g/mol. The number of ketones is 1. The lowest BCUT2D eigenvalue weighted by Crippen LogP contribution is -2.27. The molecule has 4 aromatic rings. The summed E-state index contributed by atoms with van der Waals surface area (Å²) < 4.78 is 21.0. The molecule has 0 aliphatic heterocycles. The second-order valence-electron chi connectivity index (χ2n) is 7.21. The Morgan fingerprint density at radius 1 is 1.09 bits per heavy atom. The lowest BCUT2D eigenvalue weighted by molar-refractivity contribution is 0.0966. The first-order chi connectivity index (χ1) is 15.8. The summed E-state index contributed by atoms with van der Waals surface area (Å²) in [5.74, 6) is -1.10. The van der Waals surface area contributed by atoms with Crippen molar-refractivity contribution in [3.05, 3.63) is 76.1 Å². The molecule has 2 aromatic heterocycles. The third-order valence-corrected chi connectivity index (χ3v) is 5.20. The first-order valence-electron chi connectivity index (χ1n) is 10.1. The van der Waals surface area contributed by atoms with Crippen LogP contribution in [0, 0.1) is 5.82 Å². The second kappa shape index (κ2) is 8.65. The SMILES string of the molecule is CCn1c(=O)n(CC(=O)c2cccc(OC)c2)c2c(C(N)=O)nc(-c3ccc(F)cc3)nc21. The van der Waals surface area contributed by atoms with E-state index in [9.17, 15) is 18.8 Å². The van der Waals surface area contributed by atoms with Crippen molar-refractivity contribution < 1.29 is 18.7 Å². The first kappa shape index (κ1) is 21.9. The molecule has 0 saturated carbocycles. The van der Waals surface area contributed by atoms with Crippen molar-refractivity contribution in [3.8, 4) is 17.1 Å². The number of primary amides is 1. The molecule has 0 aliphatic rings. The molecule has 10 heteroatoms. The maximum atomic E-state index is 13.3. The number of amides is 1. The van der Waals surface area contributed by atoms with Crippen LogP contribution in [-0.4, -0.2) is 37.9 Å². The van der Waals surface area contributed by atoms with Crippen molar-refractivity contribution in [2.45, 2.75) is 20.0 Å². The van der Waals surface area contributed by atoms with Gasteiger partial charge in [0.05, 0.1) is 13.7 Å². The van der Waals surface area contributed by atoms with Gasteiger partial charge in [0.15, 0.2) is 22.9 Å². The van der Waals surface area contributed by atoms with Gasteiger partial charge in [-0.2, -0.15) is 0 Å². The predicted octanol–water partition coefficient (Wildman–Crippen LogP) is 2.41. The van der Waals surface area contributed by atoms with Gasteiger partial charge in [0, 0.05) is 17.7 Å². The number of methoxy groups -OCH3 is 1. The maximum absolute atomic E-state index is 13.3. The van der Waals surface area contributed by atoms with E-state index in [2.05, 4.69) is 9.97 Å². The number of carbonyl (C=O) groups excluding carboxylic acids is 2. The van der Waals surface area contributed by atoms with Crippen molar-refractivity contribution in [2.75, 3.05) is 7.11 Å². The van der Waals surface area contributed by atoms with E-state index in [1.165, 1.54) is 35.9 Å². The quantitative estimate of drug-likeness (QED) is 0.433. The first-order valence-corrected chi connectivity index (χ1v) is 10.1. The largest absolute Gasteiger partial charge is 0.497 e. The van der Waals surface area contributed by atoms with Gasteiger partial charge in [0.25, 0.3) is 5.91 Å². The number of nitrogens with zero attached hydrogens (tertiary/aromatic N) is 4. The summed E-state index contributed by atoms with van der Waals surface area (Å²) >= 11 is 0. The number of rotatable bonds is 7. The van der Waals surface area contributed by atoms with Crippen LogP contribution in [0.25, 0.3) is 22.6 Å². The fourth-order valence-corrected chi connectivity index (χ4v) is 3.57. The van der Waals surface area contributed by atoms with E-state index in [1.54, 1.807) is 31.2 Å². The van der Waals surface area contributed by atoms with Crippen LogP contribution in [0.3, 0.4) is 0 Å². The molecule has 2 aromatic carbocycles. The predicted molar refractivity (Wildman–Crippen MR) is 119 cm³/mol. The molecule has 0 atom stereocenters. The summed E-state index contributed by atoms with van der Waals surface area (Å²) in [6, 6.07) is 11.9. The molecule has 0 aliphatic carbocycles. The van der Waals surface area contributed by atoms with E-state index in [4.69, 9.17) is 10.5 Å². The Hall–Kier alpha value is -4.34. The van der Waals surface area contributed by atoms with Crippen LogP contribution in [-0.2, 0) is 13.1 Å². The van der Waals surface area contributed by atoms with E-state index >= 15 is 0 Å². The van der Waals surface area contributed by atoms with Crippen LogP contribution in [0.1, 0.15) is 27.8 Å². The molecule has 0 bridgehead atoms. The number of hydrogen-bond donors (Lipinski definition) is 1. The summed E-state index contributed by atoms with van der Waals surface area (Å²) in [6.07, 6.45) is 0. The molecule has 2 heterocycles. The van der Waals surface area contributed by atoms with Gasteiger partial charge in [-0.05, 0) is 43.3 Å². The fourth-order valence-electron chi connectivity index (χ4n) is 3.57. The molecule has 0 spiro atoms. The fraction of sp³-hybridized carbons (Fsp3) is 0.174. The van der Waals surface area contributed by atoms with Crippen molar-refractivity contribution >= 4 is 22.9 Å². The van der Waals surface area contributed by atoms with Gasteiger partial charge in [-0.1, -0.05) is 12.1 Å². The molecule has 2 N–H and O–H groups in total. The zero-order valence-electron chi connectivity index (χ0n) is 17.9. The van der Waals surface area contributed by atoms with Crippen LogP contribution in [0.4, 0.5) is 4.39 Å². The zero-order valence-corrected chi connectivity index (χ0v) is 17.9. The summed E-state index contributed by atoms with van der Waals surface area (Å²) in [5, 5.41) is 0. The van der Waals surface area contributed by atoms with Gasteiger partial charge in [-0.3, -0.25) is 18.7 Å². The molecule has 0 unspecified atom stereocenters. The monoisotopic (exact) mass is 449 g/mol. The van der Waals surface area contributed by atoms with Gasteiger partial charge in [-0.15, -0.1) is 0 Å². The number of ether oxygens (including phenoxy) is 1. The highest BCUT2D eigenvalue weighted by molar-refractivity contribution is 6.03. The summed E-state index contributed by atoms with van der Waals surface area (Å²) in [5.41, 5.74) is 5.85. The summed E-state index contributed by atoms with van der Waals surface area (Å²) in [4.78, 5) is 47.1. The lowest BCUT2D eigenvalue weighted by atomic mass is 10.1. The Balaban J connectivity index is 1.91. The average Bonchev–Trinajstić information content (AvgIpc) is 3.09. The maximum Gasteiger partial charge on any atom is 0.330 e. The Labute approximate surface area is 187 Å². The highest BCUT2D eigenvalue weighted by Gasteiger charge is 2.24. The number of aromatic nitrogens is 4. The number of imidazole rings is 1. The third kappa shape index (κ3) is 3.98. The number of carbonyl (C=O) groups is 2. The minimum Gasteiger partial charge on any atom is -0.497 e. The highest BCUT2D eigenvalue weighted by atomic mass is 19.1. The van der Waals surface area contributed by atoms with Crippen LogP contribution in [0.5, 0.6) is 5.75 Å². The van der Waals surface area contributed by atoms with Crippen molar-refractivity contribution in [1.29, 1.82) is 0 Å². The van der Waals surface area contributed by atoms with E-state index in [-0.39, 0.29) is 41.6 Å². The number of benzene rings is 2. The minimum absolute atomic E-state index is 0.0662. The van der Waals surface area contributed by atoms with Crippen LogP contribution < -0.4 is 16.2 Å². The van der Waals surface area contributed by atoms with Crippen LogP contribution in [0.2, 0.25) is 0 Å². The Morgan fingerprint density at radius 2 is 1.82 bits per heavy atom. The zero-order chi connectivity index (χ0) is 23.7. The smallest absolute Gasteiger partial charge is 0.330 e. The molecular weight excluding hydrogens is 429 g/mol. The van der Waals surface area contributed by atoms with Crippen molar-refractivity contribution in [2.24, 2.45) is 5.73 Å². The molecule has 1 amide bonds. The molecule has 33 heavy (non-hydrogen) atoms. The Bertz CT molecular complexity index is 1440. The molecule has 4 rings (SSSR count). The third-order valence-electron chi connectivity index (χ3n) is 5.20. The van der Waals surface area contributed by atoms with Gasteiger partial charge >= 0.3 is 5.69 Å².